The number of hydrogen-bond acceptors (Lipinski definition) is 7. The molecule has 10 heteroatoms. The van der Waals surface area contributed by atoms with Crippen LogP contribution >= 0.6 is 0 Å². The molecule has 10 nitrogen and oxygen atoms in total. The van der Waals surface area contributed by atoms with E-state index in [1.807, 2.05) is 42.5 Å². The highest BCUT2D eigenvalue weighted by molar-refractivity contribution is 5.96. The lowest BCUT2D eigenvalue weighted by molar-refractivity contribution is -0.150. The molecule has 1 saturated carbocycles. The minimum atomic E-state index is -1.21. The number of alkyl carbamates (subject to hydrolysis) is 1. The molecule has 2 aromatic carbocycles. The second-order valence-corrected chi connectivity index (χ2v) is 11.8. The van der Waals surface area contributed by atoms with Crippen LogP contribution in [0.1, 0.15) is 53.9 Å². The lowest BCUT2D eigenvalue weighted by atomic mass is 10.1. The highest BCUT2D eigenvalue weighted by Gasteiger charge is 2.62. The standard InChI is InChI=1S/C32H41N3O7/c1-7-21-18-32(21,29(38)40-9-3)34-27(36)25-17-22(41-26-16-12-14-20-13-10-11-15-23(20)26)19-35(25)28(37)24(8-2)33-30(39)42-31(4,5)6/h7,10-16,21-22,24-25H,1,8-9,17-19H2,2-6H3,(H,33,39)(H,34,36)/t21-,22+,24-,25-,32-/m0/s1. The Morgan fingerprint density at radius 3 is 2.48 bits per heavy atom. The largest absolute Gasteiger partial charge is 0.488 e. The number of carbonyl (C=O) groups excluding carboxylic acids is 4. The Bertz CT molecular complexity index is 1350. The number of likely N-dealkylation sites (tertiary alicyclic amines) is 1. The van der Waals surface area contributed by atoms with E-state index in [0.717, 1.165) is 10.8 Å². The predicted octanol–water partition coefficient (Wildman–Crippen LogP) is 4.12. The van der Waals surface area contributed by atoms with Crippen LogP contribution in [-0.4, -0.2) is 71.3 Å². The molecule has 2 aliphatic rings. The lowest BCUT2D eigenvalue weighted by Gasteiger charge is -2.29. The number of esters is 1. The quantitative estimate of drug-likeness (QED) is 0.321. The molecule has 0 spiro atoms. The van der Waals surface area contributed by atoms with Crippen LogP contribution in [0.5, 0.6) is 5.75 Å². The van der Waals surface area contributed by atoms with Crippen LogP contribution in [0.4, 0.5) is 4.79 Å². The average Bonchev–Trinajstić information content (AvgIpc) is 3.50. The van der Waals surface area contributed by atoms with Gasteiger partial charge in [0.2, 0.25) is 11.8 Å². The summed E-state index contributed by atoms with van der Waals surface area (Å²) in [4.78, 5) is 54.4. The van der Waals surface area contributed by atoms with Gasteiger partial charge in [-0.2, -0.15) is 0 Å². The number of nitrogens with one attached hydrogen (secondary N) is 2. The monoisotopic (exact) mass is 579 g/mol. The number of ether oxygens (including phenoxy) is 3. The van der Waals surface area contributed by atoms with E-state index in [-0.39, 0.29) is 31.9 Å². The molecule has 3 amide bonds. The van der Waals surface area contributed by atoms with Gasteiger partial charge < -0.3 is 29.7 Å². The maximum absolute atomic E-state index is 13.9. The second-order valence-electron chi connectivity index (χ2n) is 11.8. The van der Waals surface area contributed by atoms with Crippen molar-refractivity contribution in [3.05, 3.63) is 55.1 Å². The van der Waals surface area contributed by atoms with E-state index in [9.17, 15) is 19.2 Å². The van der Waals surface area contributed by atoms with Crippen LogP contribution in [0.25, 0.3) is 10.8 Å². The Balaban J connectivity index is 1.59. The van der Waals surface area contributed by atoms with Gasteiger partial charge in [0, 0.05) is 17.7 Å². The van der Waals surface area contributed by atoms with Gasteiger partial charge in [-0.3, -0.25) is 9.59 Å². The third kappa shape index (κ3) is 6.69. The summed E-state index contributed by atoms with van der Waals surface area (Å²) in [6, 6.07) is 11.7. The molecule has 2 N–H and O–H groups in total. The molecule has 4 rings (SSSR count). The number of nitrogens with zero attached hydrogens (tertiary/aromatic N) is 1. The molecule has 2 aromatic rings. The Kier molecular flexibility index (Phi) is 9.13. The highest BCUT2D eigenvalue weighted by Crippen LogP contribution is 2.45. The molecule has 1 heterocycles. The molecule has 0 bridgehead atoms. The predicted molar refractivity (Wildman–Crippen MR) is 158 cm³/mol. The summed E-state index contributed by atoms with van der Waals surface area (Å²) in [6.45, 7) is 12.7. The molecule has 226 valence electrons. The zero-order chi connectivity index (χ0) is 30.7. The first-order chi connectivity index (χ1) is 19.9. The van der Waals surface area contributed by atoms with Crippen molar-refractivity contribution < 1.29 is 33.4 Å². The topological polar surface area (TPSA) is 123 Å². The maximum Gasteiger partial charge on any atom is 0.408 e. The molecule has 5 atom stereocenters. The van der Waals surface area contributed by atoms with Crippen LogP contribution in [0.2, 0.25) is 0 Å². The van der Waals surface area contributed by atoms with Crippen LogP contribution in [0.3, 0.4) is 0 Å². The van der Waals surface area contributed by atoms with Gasteiger partial charge in [-0.25, -0.2) is 9.59 Å². The van der Waals surface area contributed by atoms with Crippen molar-refractivity contribution in [3.63, 3.8) is 0 Å². The molecule has 0 unspecified atom stereocenters. The molecular weight excluding hydrogens is 538 g/mol. The van der Waals surface area contributed by atoms with Gasteiger partial charge in [-0.15, -0.1) is 6.58 Å². The number of hydrogen-bond donors (Lipinski definition) is 2. The molecule has 1 saturated heterocycles. The number of rotatable bonds is 10. The van der Waals surface area contributed by atoms with Crippen LogP contribution in [-0.2, 0) is 23.9 Å². The Labute approximate surface area is 246 Å². The van der Waals surface area contributed by atoms with Gasteiger partial charge in [0.1, 0.15) is 35.1 Å². The zero-order valence-electron chi connectivity index (χ0n) is 25.0. The zero-order valence-corrected chi connectivity index (χ0v) is 25.0. The second kappa shape index (κ2) is 12.4. The van der Waals surface area contributed by atoms with Crippen LogP contribution in [0.15, 0.2) is 55.1 Å². The van der Waals surface area contributed by atoms with Gasteiger partial charge in [-0.1, -0.05) is 49.4 Å². The number of carbonyl (C=O) groups is 4. The van der Waals surface area contributed by atoms with Crippen molar-refractivity contribution in [1.82, 2.24) is 15.5 Å². The number of benzene rings is 2. The van der Waals surface area contributed by atoms with Gasteiger partial charge in [-0.05, 0) is 52.0 Å². The van der Waals surface area contributed by atoms with Crippen LogP contribution in [0, 0.1) is 5.92 Å². The first-order valence-corrected chi connectivity index (χ1v) is 14.5. The normalized spacial score (nSPS) is 23.9. The Morgan fingerprint density at radius 1 is 1.12 bits per heavy atom. The van der Waals surface area contributed by atoms with Gasteiger partial charge in [0.05, 0.1) is 13.2 Å². The summed E-state index contributed by atoms with van der Waals surface area (Å²) in [6.07, 6.45) is 1.24. The van der Waals surface area contributed by atoms with Crippen molar-refractivity contribution in [2.45, 2.75) is 83.2 Å². The highest BCUT2D eigenvalue weighted by atomic mass is 16.6. The van der Waals surface area contributed by atoms with Gasteiger partial charge in [0.15, 0.2) is 0 Å². The third-order valence-electron chi connectivity index (χ3n) is 7.57. The molecule has 0 aromatic heterocycles. The van der Waals surface area contributed by atoms with E-state index in [4.69, 9.17) is 14.2 Å². The fraction of sp³-hybridized carbons (Fsp3) is 0.500. The number of amides is 3. The Hall–Kier alpha value is -4.08. The van der Waals surface area contributed by atoms with Crippen molar-refractivity contribution in [2.75, 3.05) is 13.2 Å². The van der Waals surface area contributed by atoms with E-state index < -0.39 is 53.2 Å². The smallest absolute Gasteiger partial charge is 0.408 e. The van der Waals surface area contributed by atoms with E-state index in [1.165, 1.54) is 4.90 Å². The minimum absolute atomic E-state index is 0.115. The lowest BCUT2D eigenvalue weighted by Crippen LogP contribution is -2.56. The van der Waals surface area contributed by atoms with Gasteiger partial charge in [0.25, 0.3) is 0 Å². The van der Waals surface area contributed by atoms with E-state index in [1.54, 1.807) is 40.7 Å². The first kappa shape index (κ1) is 30.9. The van der Waals surface area contributed by atoms with E-state index in [2.05, 4.69) is 17.2 Å². The summed E-state index contributed by atoms with van der Waals surface area (Å²) < 4.78 is 17.0. The van der Waals surface area contributed by atoms with Crippen molar-refractivity contribution in [3.8, 4) is 5.75 Å². The first-order valence-electron chi connectivity index (χ1n) is 14.5. The molecule has 0 radical (unpaired) electrons. The van der Waals surface area contributed by atoms with Crippen LogP contribution < -0.4 is 15.4 Å². The summed E-state index contributed by atoms with van der Waals surface area (Å²) in [5.74, 6) is -1.08. The summed E-state index contributed by atoms with van der Waals surface area (Å²) in [7, 11) is 0. The van der Waals surface area contributed by atoms with Crippen molar-refractivity contribution in [1.29, 1.82) is 0 Å². The Morgan fingerprint density at radius 2 is 1.83 bits per heavy atom. The maximum atomic E-state index is 13.9. The van der Waals surface area contributed by atoms with Gasteiger partial charge >= 0.3 is 12.1 Å². The summed E-state index contributed by atoms with van der Waals surface area (Å²) in [5, 5.41) is 7.44. The average molecular weight is 580 g/mol. The van der Waals surface area contributed by atoms with E-state index in [0.29, 0.717) is 12.2 Å². The SMILES string of the molecule is C=C[C@H]1C[C@@]1(NC(=O)[C@@H]1C[C@@H](Oc2cccc3ccccc23)CN1C(=O)[C@H](CC)NC(=O)OC(C)(C)C)C(=O)OCC. The fourth-order valence-electron chi connectivity index (χ4n) is 5.41. The summed E-state index contributed by atoms with van der Waals surface area (Å²) in [5.41, 5.74) is -1.96. The molecule has 1 aliphatic carbocycles. The van der Waals surface area contributed by atoms with Crippen molar-refractivity contribution >= 4 is 34.6 Å². The number of fused-ring (bicyclic) bond motifs is 1. The molecular formula is C32H41N3O7. The molecule has 2 fully saturated rings. The summed E-state index contributed by atoms with van der Waals surface area (Å²) >= 11 is 0. The molecule has 1 aliphatic heterocycles. The third-order valence-corrected chi connectivity index (χ3v) is 7.57. The minimum Gasteiger partial charge on any atom is -0.488 e. The fourth-order valence-corrected chi connectivity index (χ4v) is 5.41. The van der Waals surface area contributed by atoms with E-state index >= 15 is 0 Å². The van der Waals surface area contributed by atoms with Crippen molar-refractivity contribution in [2.24, 2.45) is 5.92 Å². The molecule has 42 heavy (non-hydrogen) atoms.